The fraction of sp³-hybridized carbons (Fsp3) is 0.273. The Balaban J connectivity index is 0.000000320. The van der Waals surface area contributed by atoms with Gasteiger partial charge in [-0.3, -0.25) is 0 Å². The van der Waals surface area contributed by atoms with Gasteiger partial charge in [-0.25, -0.2) is 0 Å². The van der Waals surface area contributed by atoms with E-state index in [-0.39, 0.29) is 11.5 Å². The lowest BCUT2D eigenvalue weighted by atomic mass is 10.2. The van der Waals surface area contributed by atoms with E-state index < -0.39 is 12.7 Å². The number of rotatable bonds is 8. The van der Waals surface area contributed by atoms with Crippen LogP contribution in [0, 0.1) is 24.7 Å². The first-order valence-corrected chi connectivity index (χ1v) is 9.00. The molecule has 0 fully saturated rings. The van der Waals surface area contributed by atoms with E-state index in [2.05, 4.69) is 31.9 Å². The van der Waals surface area contributed by atoms with Gasteiger partial charge >= 0.3 is 12.7 Å². The van der Waals surface area contributed by atoms with E-state index in [1.807, 2.05) is 0 Å². The molecule has 0 bridgehead atoms. The topological polar surface area (TPSA) is 42.5 Å². The van der Waals surface area contributed by atoms with Gasteiger partial charge in [0.05, 0.1) is 13.1 Å². The standard InChI is InChI=1S/2C11H10F3NO/c2*1-2-7-15-8-9-3-5-10(6-4-9)16-11(12,13)14/h2*1,3-6,15H,7-8H2. The van der Waals surface area contributed by atoms with Crippen LogP contribution in [0.1, 0.15) is 11.1 Å². The number of nitrogens with one attached hydrogen (secondary N) is 2. The van der Waals surface area contributed by atoms with Crippen LogP contribution in [-0.4, -0.2) is 25.8 Å². The Morgan fingerprint density at radius 2 is 0.938 bits per heavy atom. The van der Waals surface area contributed by atoms with Crippen molar-refractivity contribution in [2.75, 3.05) is 13.1 Å². The monoisotopic (exact) mass is 458 g/mol. The highest BCUT2D eigenvalue weighted by Crippen LogP contribution is 2.23. The van der Waals surface area contributed by atoms with Gasteiger partial charge in [-0.15, -0.1) is 39.2 Å². The normalized spacial score (nSPS) is 10.9. The molecule has 0 aliphatic rings. The summed E-state index contributed by atoms with van der Waals surface area (Å²) in [7, 11) is 0. The van der Waals surface area contributed by atoms with Crippen molar-refractivity contribution in [1.29, 1.82) is 0 Å². The highest BCUT2D eigenvalue weighted by atomic mass is 19.4. The molecule has 2 N–H and O–H groups in total. The summed E-state index contributed by atoms with van der Waals surface area (Å²) in [6.07, 6.45) is 0.758. The average molecular weight is 458 g/mol. The van der Waals surface area contributed by atoms with Crippen LogP contribution in [0.2, 0.25) is 0 Å². The molecule has 172 valence electrons. The molecule has 0 atom stereocenters. The van der Waals surface area contributed by atoms with Crippen LogP contribution in [-0.2, 0) is 13.1 Å². The Bertz CT molecular complexity index is 804. The minimum absolute atomic E-state index is 0.229. The molecular formula is C22H20F6N2O2. The molecule has 0 aliphatic heterocycles. The molecule has 32 heavy (non-hydrogen) atoms. The summed E-state index contributed by atoms with van der Waals surface area (Å²) < 4.78 is 78.5. The number of benzene rings is 2. The fourth-order valence-electron chi connectivity index (χ4n) is 2.18. The maximum absolute atomic E-state index is 11.8. The Hall–Kier alpha value is -3.34. The zero-order valence-corrected chi connectivity index (χ0v) is 16.7. The Labute approximate surface area is 181 Å². The number of hydrogen-bond acceptors (Lipinski definition) is 4. The van der Waals surface area contributed by atoms with E-state index in [4.69, 9.17) is 12.8 Å². The molecule has 4 nitrogen and oxygen atoms in total. The van der Waals surface area contributed by atoms with Crippen LogP contribution >= 0.6 is 0 Å². The number of halogens is 6. The van der Waals surface area contributed by atoms with Crippen molar-refractivity contribution in [2.24, 2.45) is 0 Å². The smallest absolute Gasteiger partial charge is 0.406 e. The minimum Gasteiger partial charge on any atom is -0.406 e. The van der Waals surface area contributed by atoms with Gasteiger partial charge < -0.3 is 20.1 Å². The van der Waals surface area contributed by atoms with Gasteiger partial charge in [0, 0.05) is 13.1 Å². The Kier molecular flexibility index (Phi) is 11.0. The van der Waals surface area contributed by atoms with E-state index in [1.165, 1.54) is 24.3 Å². The number of alkyl halides is 6. The van der Waals surface area contributed by atoms with Crippen molar-refractivity contribution >= 4 is 0 Å². The Morgan fingerprint density at radius 1 is 0.625 bits per heavy atom. The average Bonchev–Trinajstić information content (AvgIpc) is 2.69. The first kappa shape index (κ1) is 26.7. The van der Waals surface area contributed by atoms with Gasteiger partial charge in [0.1, 0.15) is 11.5 Å². The van der Waals surface area contributed by atoms with Crippen LogP contribution in [0.3, 0.4) is 0 Å². The van der Waals surface area contributed by atoms with Crippen LogP contribution in [0.5, 0.6) is 11.5 Å². The second-order valence-electron chi connectivity index (χ2n) is 6.00. The van der Waals surface area contributed by atoms with Crippen LogP contribution < -0.4 is 20.1 Å². The summed E-state index contributed by atoms with van der Waals surface area (Å²) in [4.78, 5) is 0. The molecule has 2 aromatic rings. The van der Waals surface area contributed by atoms with Gasteiger partial charge in [0.2, 0.25) is 0 Å². The van der Waals surface area contributed by atoms with Crippen molar-refractivity contribution in [3.8, 4) is 36.2 Å². The molecule has 0 saturated carbocycles. The molecule has 2 rings (SSSR count). The molecule has 2 aromatic carbocycles. The maximum atomic E-state index is 11.8. The second kappa shape index (κ2) is 13.2. The van der Waals surface area contributed by atoms with E-state index in [9.17, 15) is 26.3 Å². The zero-order chi connectivity index (χ0) is 24.0. The molecule has 0 aliphatic carbocycles. The predicted octanol–water partition coefficient (Wildman–Crippen LogP) is 4.62. The van der Waals surface area contributed by atoms with E-state index in [1.54, 1.807) is 24.3 Å². The van der Waals surface area contributed by atoms with Crippen LogP contribution in [0.4, 0.5) is 26.3 Å². The van der Waals surface area contributed by atoms with E-state index >= 15 is 0 Å². The lowest BCUT2D eigenvalue weighted by Crippen LogP contribution is -2.17. The largest absolute Gasteiger partial charge is 0.573 e. The van der Waals surface area contributed by atoms with Gasteiger partial charge in [-0.1, -0.05) is 36.1 Å². The first-order chi connectivity index (χ1) is 15.0. The lowest BCUT2D eigenvalue weighted by molar-refractivity contribution is -0.275. The van der Waals surface area contributed by atoms with Crippen molar-refractivity contribution in [3.63, 3.8) is 0 Å². The Morgan fingerprint density at radius 3 is 1.19 bits per heavy atom. The van der Waals surface area contributed by atoms with Crippen molar-refractivity contribution in [2.45, 2.75) is 25.8 Å². The summed E-state index contributed by atoms with van der Waals surface area (Å²) in [6.45, 7) is 1.86. The summed E-state index contributed by atoms with van der Waals surface area (Å²) in [5.41, 5.74) is 1.68. The minimum atomic E-state index is -4.65. The molecule has 0 saturated heterocycles. The lowest BCUT2D eigenvalue weighted by Gasteiger charge is -2.09. The quantitative estimate of drug-likeness (QED) is 0.344. The van der Waals surface area contributed by atoms with E-state index in [0.717, 1.165) is 11.1 Å². The first-order valence-electron chi connectivity index (χ1n) is 9.00. The van der Waals surface area contributed by atoms with Crippen molar-refractivity contribution in [1.82, 2.24) is 10.6 Å². The fourth-order valence-corrected chi connectivity index (χ4v) is 2.18. The van der Waals surface area contributed by atoms with Crippen LogP contribution in [0.15, 0.2) is 48.5 Å². The number of terminal acetylenes is 2. The molecule has 0 unspecified atom stereocenters. The van der Waals surface area contributed by atoms with Crippen molar-refractivity contribution in [3.05, 3.63) is 59.7 Å². The molecule has 10 heteroatoms. The highest BCUT2D eigenvalue weighted by molar-refractivity contribution is 5.28. The highest BCUT2D eigenvalue weighted by Gasteiger charge is 2.31. The second-order valence-corrected chi connectivity index (χ2v) is 6.00. The molecule has 0 amide bonds. The van der Waals surface area contributed by atoms with Crippen LogP contribution in [0.25, 0.3) is 0 Å². The number of ether oxygens (including phenoxy) is 2. The third kappa shape index (κ3) is 13.1. The summed E-state index contributed by atoms with van der Waals surface area (Å²) >= 11 is 0. The predicted molar refractivity (Wildman–Crippen MR) is 107 cm³/mol. The molecular weight excluding hydrogens is 438 g/mol. The summed E-state index contributed by atoms with van der Waals surface area (Å²) in [6, 6.07) is 11.2. The summed E-state index contributed by atoms with van der Waals surface area (Å²) in [5, 5.41) is 5.84. The zero-order valence-electron chi connectivity index (χ0n) is 16.7. The van der Waals surface area contributed by atoms with Gasteiger partial charge in [-0.05, 0) is 35.4 Å². The van der Waals surface area contributed by atoms with E-state index in [0.29, 0.717) is 26.2 Å². The molecule has 0 heterocycles. The van der Waals surface area contributed by atoms with Gasteiger partial charge in [0.15, 0.2) is 0 Å². The van der Waals surface area contributed by atoms with Gasteiger partial charge in [-0.2, -0.15) is 0 Å². The van der Waals surface area contributed by atoms with Gasteiger partial charge in [0.25, 0.3) is 0 Å². The summed E-state index contributed by atoms with van der Waals surface area (Å²) in [5.74, 6) is 4.33. The SMILES string of the molecule is C#CCNCc1ccc(OC(F)(F)F)cc1.C#CCNCc1ccc(OC(F)(F)F)cc1. The third-order valence-electron chi connectivity index (χ3n) is 3.43. The third-order valence-corrected chi connectivity index (χ3v) is 3.43. The molecule has 0 radical (unpaired) electrons. The molecule has 0 aromatic heterocycles. The van der Waals surface area contributed by atoms with Crippen molar-refractivity contribution < 1.29 is 35.8 Å². The molecule has 0 spiro atoms. The number of hydrogen-bond donors (Lipinski definition) is 2. The maximum Gasteiger partial charge on any atom is 0.573 e.